The van der Waals surface area contributed by atoms with E-state index in [-0.39, 0.29) is 0 Å². The zero-order valence-corrected chi connectivity index (χ0v) is 12.7. The number of rotatable bonds is 2. The molecular formula is C16H12Cl2N2O. The molecule has 0 fully saturated rings. The molecule has 0 aliphatic heterocycles. The predicted molar refractivity (Wildman–Crippen MR) is 86.5 cm³/mol. The highest BCUT2D eigenvalue weighted by molar-refractivity contribution is 6.42. The van der Waals surface area contributed by atoms with Crippen LogP contribution in [0.15, 0.2) is 47.0 Å². The lowest BCUT2D eigenvalue weighted by Gasteiger charge is -2.05. The summed E-state index contributed by atoms with van der Waals surface area (Å²) in [5.74, 6) is 0.929. The number of aromatic nitrogens is 1. The number of benzene rings is 2. The molecule has 2 aromatic carbocycles. The van der Waals surface area contributed by atoms with Crippen LogP contribution in [0.25, 0.3) is 22.5 Å². The molecule has 0 aliphatic carbocycles. The molecule has 0 atom stereocenters. The van der Waals surface area contributed by atoms with Crippen molar-refractivity contribution in [1.82, 2.24) is 5.16 Å². The van der Waals surface area contributed by atoms with Crippen molar-refractivity contribution in [1.29, 1.82) is 0 Å². The van der Waals surface area contributed by atoms with Crippen LogP contribution in [-0.2, 0) is 0 Å². The van der Waals surface area contributed by atoms with Crippen LogP contribution in [0.5, 0.6) is 0 Å². The first-order valence-corrected chi connectivity index (χ1v) is 7.09. The van der Waals surface area contributed by atoms with Gasteiger partial charge in [-0.15, -0.1) is 0 Å². The van der Waals surface area contributed by atoms with Crippen LogP contribution in [0.4, 0.5) is 5.82 Å². The lowest BCUT2D eigenvalue weighted by Crippen LogP contribution is -1.89. The van der Waals surface area contributed by atoms with Crippen molar-refractivity contribution >= 4 is 29.0 Å². The minimum absolute atomic E-state index is 0.349. The lowest BCUT2D eigenvalue weighted by atomic mass is 10.00. The quantitative estimate of drug-likeness (QED) is 0.706. The number of hydrogen-bond donors (Lipinski definition) is 1. The number of halogens is 2. The van der Waals surface area contributed by atoms with Gasteiger partial charge in [-0.25, -0.2) is 0 Å². The molecule has 0 saturated heterocycles. The lowest BCUT2D eigenvalue weighted by molar-refractivity contribution is 0.436. The Kier molecular flexibility index (Phi) is 3.62. The molecule has 21 heavy (non-hydrogen) atoms. The van der Waals surface area contributed by atoms with Crippen LogP contribution in [0.2, 0.25) is 10.0 Å². The van der Waals surface area contributed by atoms with E-state index < -0.39 is 0 Å². The summed E-state index contributed by atoms with van der Waals surface area (Å²) in [5.41, 5.74) is 9.59. The predicted octanol–water partition coefficient (Wildman–Crippen LogP) is 5.21. The van der Waals surface area contributed by atoms with E-state index in [1.807, 2.05) is 37.3 Å². The van der Waals surface area contributed by atoms with Gasteiger partial charge in [0.15, 0.2) is 11.6 Å². The Morgan fingerprint density at radius 3 is 2.52 bits per heavy atom. The highest BCUT2D eigenvalue weighted by Gasteiger charge is 2.18. The van der Waals surface area contributed by atoms with E-state index in [2.05, 4.69) is 5.16 Å². The minimum atomic E-state index is 0.349. The van der Waals surface area contributed by atoms with Crippen molar-refractivity contribution in [3.63, 3.8) is 0 Å². The van der Waals surface area contributed by atoms with Gasteiger partial charge in [-0.1, -0.05) is 58.2 Å². The Balaban J connectivity index is 2.19. The molecule has 0 bridgehead atoms. The number of nitrogens with zero attached hydrogens (tertiary/aromatic N) is 1. The van der Waals surface area contributed by atoms with E-state index in [9.17, 15) is 0 Å². The fourth-order valence-electron chi connectivity index (χ4n) is 2.22. The summed E-state index contributed by atoms with van der Waals surface area (Å²) in [4.78, 5) is 0. The van der Waals surface area contributed by atoms with Crippen molar-refractivity contribution in [3.05, 3.63) is 58.1 Å². The van der Waals surface area contributed by atoms with Crippen LogP contribution in [0.1, 0.15) is 5.56 Å². The molecule has 0 unspecified atom stereocenters. The zero-order valence-electron chi connectivity index (χ0n) is 11.2. The smallest absolute Gasteiger partial charge is 0.176 e. The van der Waals surface area contributed by atoms with Crippen LogP contribution in [-0.4, -0.2) is 5.16 Å². The molecule has 0 amide bonds. The molecule has 3 aromatic rings. The van der Waals surface area contributed by atoms with E-state index in [1.165, 1.54) is 0 Å². The molecule has 5 heteroatoms. The number of nitrogen functional groups attached to an aromatic ring is 1. The molecule has 0 aliphatic rings. The number of hydrogen-bond acceptors (Lipinski definition) is 3. The third-order valence-electron chi connectivity index (χ3n) is 3.21. The van der Waals surface area contributed by atoms with Gasteiger partial charge in [0.1, 0.15) is 0 Å². The summed E-state index contributed by atoms with van der Waals surface area (Å²) in [7, 11) is 0. The van der Waals surface area contributed by atoms with Gasteiger partial charge in [-0.2, -0.15) is 0 Å². The molecule has 1 aromatic heterocycles. The maximum atomic E-state index is 6.07. The molecule has 0 radical (unpaired) electrons. The van der Waals surface area contributed by atoms with Gasteiger partial charge in [0.05, 0.1) is 15.6 Å². The van der Waals surface area contributed by atoms with Gasteiger partial charge in [-0.3, -0.25) is 0 Å². The van der Waals surface area contributed by atoms with Crippen molar-refractivity contribution < 1.29 is 4.52 Å². The first kappa shape index (κ1) is 14.0. The highest BCUT2D eigenvalue weighted by Crippen LogP contribution is 2.38. The topological polar surface area (TPSA) is 52.0 Å². The second-order valence-electron chi connectivity index (χ2n) is 4.77. The van der Waals surface area contributed by atoms with E-state index in [4.69, 9.17) is 33.5 Å². The molecule has 1 heterocycles. The second kappa shape index (κ2) is 5.43. The number of anilines is 1. The van der Waals surface area contributed by atoms with Gasteiger partial charge >= 0.3 is 0 Å². The summed E-state index contributed by atoms with van der Waals surface area (Å²) < 4.78 is 5.39. The van der Waals surface area contributed by atoms with Gasteiger partial charge in [0.25, 0.3) is 0 Å². The minimum Gasteiger partial charge on any atom is -0.380 e. The molecule has 0 spiro atoms. The zero-order chi connectivity index (χ0) is 15.0. The van der Waals surface area contributed by atoms with E-state index in [0.29, 0.717) is 21.6 Å². The number of nitrogens with two attached hydrogens (primary N) is 1. The summed E-state index contributed by atoms with van der Waals surface area (Å²) in [5, 5.41) is 4.83. The first-order valence-electron chi connectivity index (χ1n) is 6.34. The maximum Gasteiger partial charge on any atom is 0.176 e. The largest absolute Gasteiger partial charge is 0.380 e. The summed E-state index contributed by atoms with van der Waals surface area (Å²) in [6.45, 7) is 2.02. The number of aryl methyl sites for hydroxylation is 1. The first-order chi connectivity index (χ1) is 10.1. The Labute approximate surface area is 132 Å². The average Bonchev–Trinajstić information content (AvgIpc) is 2.84. The third kappa shape index (κ3) is 2.62. The van der Waals surface area contributed by atoms with E-state index >= 15 is 0 Å². The third-order valence-corrected chi connectivity index (χ3v) is 3.95. The second-order valence-corrected chi connectivity index (χ2v) is 5.58. The van der Waals surface area contributed by atoms with Crippen molar-refractivity contribution in [2.45, 2.75) is 6.92 Å². The van der Waals surface area contributed by atoms with E-state index in [0.717, 1.165) is 22.3 Å². The molecule has 3 nitrogen and oxygen atoms in total. The summed E-state index contributed by atoms with van der Waals surface area (Å²) >= 11 is 12.0. The fraction of sp³-hybridized carbons (Fsp3) is 0.0625. The molecular weight excluding hydrogens is 307 g/mol. The fourth-order valence-corrected chi connectivity index (χ4v) is 2.51. The van der Waals surface area contributed by atoms with Crippen LogP contribution >= 0.6 is 23.2 Å². The van der Waals surface area contributed by atoms with Gasteiger partial charge < -0.3 is 10.3 Å². The molecule has 2 N–H and O–H groups in total. The Morgan fingerprint density at radius 1 is 1.00 bits per heavy atom. The van der Waals surface area contributed by atoms with Crippen molar-refractivity contribution in [2.75, 3.05) is 5.73 Å². The average molecular weight is 319 g/mol. The highest BCUT2D eigenvalue weighted by atomic mass is 35.5. The van der Waals surface area contributed by atoms with Gasteiger partial charge in [-0.05, 0) is 30.7 Å². The Hall–Kier alpha value is -1.97. The van der Waals surface area contributed by atoms with Crippen LogP contribution in [0, 0.1) is 6.92 Å². The summed E-state index contributed by atoms with van der Waals surface area (Å²) in [6, 6.07) is 13.3. The van der Waals surface area contributed by atoms with Crippen LogP contribution in [0.3, 0.4) is 0 Å². The van der Waals surface area contributed by atoms with Crippen molar-refractivity contribution in [2.24, 2.45) is 0 Å². The van der Waals surface area contributed by atoms with Crippen molar-refractivity contribution in [3.8, 4) is 22.5 Å². The molecule has 106 valence electrons. The maximum absolute atomic E-state index is 6.07. The monoisotopic (exact) mass is 318 g/mol. The Bertz CT molecular complexity index is 812. The van der Waals surface area contributed by atoms with Crippen LogP contribution < -0.4 is 5.73 Å². The molecule has 3 rings (SSSR count). The molecule has 0 saturated carbocycles. The van der Waals surface area contributed by atoms with Gasteiger partial charge in [0.2, 0.25) is 0 Å². The van der Waals surface area contributed by atoms with Gasteiger partial charge in [0, 0.05) is 5.56 Å². The SMILES string of the molecule is Cc1cccc(-c2c(N)noc2-c2ccc(Cl)c(Cl)c2)c1. The van der Waals surface area contributed by atoms with E-state index in [1.54, 1.807) is 12.1 Å². The standard InChI is InChI=1S/C16H12Cl2N2O/c1-9-3-2-4-10(7-9)14-15(21-20-16(14)19)11-5-6-12(17)13(18)8-11/h2-8H,1H3,(H2,19,20). The summed E-state index contributed by atoms with van der Waals surface area (Å²) in [6.07, 6.45) is 0. The normalized spacial score (nSPS) is 10.8. The Morgan fingerprint density at radius 2 is 1.81 bits per heavy atom.